The zero-order valence-corrected chi connectivity index (χ0v) is 17.1. The van der Waals surface area contributed by atoms with Crippen LogP contribution in [0.1, 0.15) is 50.6 Å². The van der Waals surface area contributed by atoms with E-state index in [1.807, 2.05) is 42.2 Å². The molecule has 148 valence electrons. The lowest BCUT2D eigenvalue weighted by atomic mass is 9.88. The van der Waals surface area contributed by atoms with Crippen molar-refractivity contribution in [3.63, 3.8) is 0 Å². The maximum absolute atomic E-state index is 12.9. The molecule has 4 rings (SSSR count). The first kappa shape index (κ1) is 19.1. The summed E-state index contributed by atoms with van der Waals surface area (Å²) in [7, 11) is 0. The molecule has 1 aromatic heterocycles. The van der Waals surface area contributed by atoms with Crippen LogP contribution < -0.4 is 5.32 Å². The summed E-state index contributed by atoms with van der Waals surface area (Å²) in [5.41, 5.74) is 2.01. The van der Waals surface area contributed by atoms with E-state index in [-0.39, 0.29) is 23.8 Å². The number of anilines is 1. The number of aryl methyl sites for hydroxylation is 1. The van der Waals surface area contributed by atoms with Crippen molar-refractivity contribution in [1.29, 1.82) is 0 Å². The molecule has 0 radical (unpaired) electrons. The third-order valence-electron chi connectivity index (χ3n) is 5.86. The van der Waals surface area contributed by atoms with Crippen LogP contribution >= 0.6 is 11.3 Å². The van der Waals surface area contributed by atoms with E-state index < -0.39 is 0 Å². The molecule has 0 spiro atoms. The molecule has 2 fully saturated rings. The molecule has 1 saturated carbocycles. The van der Waals surface area contributed by atoms with E-state index in [2.05, 4.69) is 10.3 Å². The number of benzene rings is 1. The molecule has 28 heavy (non-hydrogen) atoms. The minimum Gasteiger partial charge on any atom is -0.330 e. The molecule has 2 aliphatic rings. The van der Waals surface area contributed by atoms with Crippen LogP contribution in [0.3, 0.4) is 0 Å². The highest BCUT2D eigenvalue weighted by molar-refractivity contribution is 7.19. The Labute approximate surface area is 170 Å². The standard InChI is InChI=1S/C22H27N3O2S/c1-15-19(16-9-4-2-5-10-16)28-22(23-15)24-20(26)18-13-8-14-25(18)21(27)17-11-6-3-7-12-17/h2,4-5,9-10,17-18H,3,6-8,11-14H2,1H3,(H,23,24,26). The van der Waals surface area contributed by atoms with Gasteiger partial charge in [0.2, 0.25) is 11.8 Å². The highest BCUT2D eigenvalue weighted by Crippen LogP contribution is 2.33. The van der Waals surface area contributed by atoms with Crippen LogP contribution in [0, 0.1) is 12.8 Å². The van der Waals surface area contributed by atoms with Crippen molar-refractivity contribution >= 4 is 28.3 Å². The first-order valence-electron chi connectivity index (χ1n) is 10.3. The minimum atomic E-state index is -0.362. The van der Waals surface area contributed by atoms with Crippen LogP contribution in [0.5, 0.6) is 0 Å². The van der Waals surface area contributed by atoms with Crippen LogP contribution in [-0.4, -0.2) is 34.3 Å². The summed E-state index contributed by atoms with van der Waals surface area (Å²) >= 11 is 1.49. The maximum atomic E-state index is 12.9. The van der Waals surface area contributed by atoms with Crippen LogP contribution in [0.15, 0.2) is 30.3 Å². The topological polar surface area (TPSA) is 62.3 Å². The summed E-state index contributed by atoms with van der Waals surface area (Å²) in [6.45, 7) is 2.66. The Hall–Kier alpha value is -2.21. The van der Waals surface area contributed by atoms with Gasteiger partial charge in [-0.1, -0.05) is 60.9 Å². The number of hydrogen-bond acceptors (Lipinski definition) is 4. The molecule has 2 heterocycles. The molecule has 1 aromatic carbocycles. The van der Waals surface area contributed by atoms with Gasteiger partial charge < -0.3 is 10.2 Å². The Kier molecular flexibility index (Phi) is 5.76. The molecule has 1 N–H and O–H groups in total. The Balaban J connectivity index is 1.45. The predicted molar refractivity (Wildman–Crippen MR) is 112 cm³/mol. The Morgan fingerprint density at radius 3 is 2.57 bits per heavy atom. The monoisotopic (exact) mass is 397 g/mol. The fourth-order valence-corrected chi connectivity index (χ4v) is 5.36. The number of thiazole rings is 1. The number of nitrogens with one attached hydrogen (secondary N) is 1. The van der Waals surface area contributed by atoms with Gasteiger partial charge in [-0.2, -0.15) is 0 Å². The SMILES string of the molecule is Cc1nc(NC(=O)C2CCCN2C(=O)C2CCCCC2)sc1-c1ccccc1. The van der Waals surface area contributed by atoms with Gasteiger partial charge in [-0.05, 0) is 38.2 Å². The van der Waals surface area contributed by atoms with Crippen molar-refractivity contribution in [2.75, 3.05) is 11.9 Å². The lowest BCUT2D eigenvalue weighted by Gasteiger charge is -2.29. The largest absolute Gasteiger partial charge is 0.330 e. The summed E-state index contributed by atoms with van der Waals surface area (Å²) in [5, 5.41) is 3.59. The number of carbonyl (C=O) groups is 2. The van der Waals surface area contributed by atoms with Crippen molar-refractivity contribution in [2.24, 2.45) is 5.92 Å². The molecular weight excluding hydrogens is 370 g/mol. The third kappa shape index (κ3) is 3.97. The Morgan fingerprint density at radius 1 is 1.07 bits per heavy atom. The summed E-state index contributed by atoms with van der Waals surface area (Å²) in [6, 6.07) is 9.72. The lowest BCUT2D eigenvalue weighted by molar-refractivity contribution is -0.141. The fourth-order valence-electron chi connectivity index (χ4n) is 4.38. The molecule has 1 atom stereocenters. The molecular formula is C22H27N3O2S. The number of hydrogen-bond donors (Lipinski definition) is 1. The van der Waals surface area contributed by atoms with Crippen molar-refractivity contribution in [2.45, 2.75) is 57.9 Å². The summed E-state index contributed by atoms with van der Waals surface area (Å²) in [6.07, 6.45) is 7.04. The van der Waals surface area contributed by atoms with E-state index in [0.717, 1.165) is 54.7 Å². The minimum absolute atomic E-state index is 0.102. The second kappa shape index (κ2) is 8.43. The van der Waals surface area contributed by atoms with Crippen LogP contribution in [0.4, 0.5) is 5.13 Å². The molecule has 2 amide bonds. The molecule has 5 nitrogen and oxygen atoms in total. The Bertz CT molecular complexity index is 843. The number of rotatable bonds is 4. The van der Waals surface area contributed by atoms with Gasteiger partial charge in [0.25, 0.3) is 0 Å². The van der Waals surface area contributed by atoms with Gasteiger partial charge in [-0.15, -0.1) is 0 Å². The summed E-state index contributed by atoms with van der Waals surface area (Å²) in [4.78, 5) is 33.3. The van der Waals surface area contributed by atoms with Gasteiger partial charge in [-0.25, -0.2) is 4.98 Å². The highest BCUT2D eigenvalue weighted by atomic mass is 32.1. The van der Waals surface area contributed by atoms with Crippen molar-refractivity contribution in [3.8, 4) is 10.4 Å². The predicted octanol–water partition coefficient (Wildman–Crippen LogP) is 4.63. The van der Waals surface area contributed by atoms with Gasteiger partial charge in [0.05, 0.1) is 10.6 Å². The average molecular weight is 398 g/mol. The highest BCUT2D eigenvalue weighted by Gasteiger charge is 2.37. The van der Waals surface area contributed by atoms with Gasteiger partial charge in [0.1, 0.15) is 6.04 Å². The van der Waals surface area contributed by atoms with Crippen molar-refractivity contribution in [1.82, 2.24) is 9.88 Å². The van der Waals surface area contributed by atoms with E-state index in [4.69, 9.17) is 0 Å². The lowest BCUT2D eigenvalue weighted by Crippen LogP contribution is -2.46. The molecule has 1 saturated heterocycles. The van der Waals surface area contributed by atoms with Gasteiger partial charge in [0.15, 0.2) is 5.13 Å². The van der Waals surface area contributed by atoms with Gasteiger partial charge >= 0.3 is 0 Å². The maximum Gasteiger partial charge on any atom is 0.248 e. The second-order valence-electron chi connectivity index (χ2n) is 7.81. The fraction of sp³-hybridized carbons (Fsp3) is 0.500. The van der Waals surface area contributed by atoms with Gasteiger partial charge in [-0.3, -0.25) is 9.59 Å². The zero-order chi connectivity index (χ0) is 19.5. The molecule has 2 aromatic rings. The summed E-state index contributed by atoms with van der Waals surface area (Å²) in [5.74, 6) is 0.182. The van der Waals surface area contributed by atoms with Crippen LogP contribution in [-0.2, 0) is 9.59 Å². The summed E-state index contributed by atoms with van der Waals surface area (Å²) < 4.78 is 0. The van der Waals surface area contributed by atoms with Crippen LogP contribution in [0.2, 0.25) is 0 Å². The Morgan fingerprint density at radius 2 is 1.82 bits per heavy atom. The average Bonchev–Trinajstić information content (AvgIpc) is 3.35. The number of amides is 2. The normalized spacial score (nSPS) is 20.3. The number of carbonyl (C=O) groups excluding carboxylic acids is 2. The molecule has 1 aliphatic carbocycles. The number of likely N-dealkylation sites (tertiary alicyclic amines) is 1. The quantitative estimate of drug-likeness (QED) is 0.818. The van der Waals surface area contributed by atoms with Crippen LogP contribution in [0.25, 0.3) is 10.4 Å². The van der Waals surface area contributed by atoms with Gasteiger partial charge in [0, 0.05) is 12.5 Å². The molecule has 1 aliphatic heterocycles. The number of aromatic nitrogens is 1. The second-order valence-corrected chi connectivity index (χ2v) is 8.81. The van der Waals surface area contributed by atoms with Crippen molar-refractivity contribution in [3.05, 3.63) is 36.0 Å². The molecule has 6 heteroatoms. The number of nitrogens with zero attached hydrogens (tertiary/aromatic N) is 2. The van der Waals surface area contributed by atoms with E-state index >= 15 is 0 Å². The van der Waals surface area contributed by atoms with E-state index in [0.29, 0.717) is 11.7 Å². The van der Waals surface area contributed by atoms with Crippen molar-refractivity contribution < 1.29 is 9.59 Å². The third-order valence-corrected chi connectivity index (χ3v) is 6.98. The molecule has 1 unspecified atom stereocenters. The van der Waals surface area contributed by atoms with E-state index in [1.165, 1.54) is 17.8 Å². The molecule has 0 bridgehead atoms. The van der Waals surface area contributed by atoms with E-state index in [9.17, 15) is 9.59 Å². The zero-order valence-electron chi connectivity index (χ0n) is 16.3. The van der Waals surface area contributed by atoms with E-state index in [1.54, 1.807) is 0 Å². The first-order chi connectivity index (χ1) is 13.6. The first-order valence-corrected chi connectivity index (χ1v) is 11.1. The smallest absolute Gasteiger partial charge is 0.248 e.